The van der Waals surface area contributed by atoms with Crippen molar-refractivity contribution in [2.24, 2.45) is 0 Å². The van der Waals surface area contributed by atoms with Gasteiger partial charge in [0.2, 0.25) is 0 Å². The van der Waals surface area contributed by atoms with E-state index >= 15 is 0 Å². The molecular formula is C17H22N2O2. The third kappa shape index (κ3) is 3.51. The first-order valence-corrected chi connectivity index (χ1v) is 7.24. The molecule has 1 aromatic heterocycles. The lowest BCUT2D eigenvalue weighted by Gasteiger charge is -2.24. The van der Waals surface area contributed by atoms with E-state index in [0.717, 1.165) is 12.0 Å². The lowest BCUT2D eigenvalue weighted by Crippen LogP contribution is -2.28. The van der Waals surface area contributed by atoms with Crippen molar-refractivity contribution in [3.05, 3.63) is 54.1 Å². The van der Waals surface area contributed by atoms with Crippen LogP contribution in [0, 0.1) is 0 Å². The number of carbonyl (C=O) groups excluding carboxylic acids is 1. The minimum absolute atomic E-state index is 0.0287. The van der Waals surface area contributed by atoms with Crippen LogP contribution in [0.1, 0.15) is 56.2 Å². The number of benzene rings is 1. The van der Waals surface area contributed by atoms with Crippen LogP contribution >= 0.6 is 0 Å². The van der Waals surface area contributed by atoms with Gasteiger partial charge in [-0.3, -0.25) is 0 Å². The zero-order chi connectivity index (χ0) is 15.5. The molecule has 0 N–H and O–H groups in total. The summed E-state index contributed by atoms with van der Waals surface area (Å²) in [5.41, 5.74) is 1.13. The molecule has 1 atom stereocenters. The van der Waals surface area contributed by atoms with Gasteiger partial charge < -0.3 is 9.30 Å². The van der Waals surface area contributed by atoms with Crippen LogP contribution in [0.15, 0.2) is 42.9 Å². The molecule has 2 rings (SSSR count). The third-order valence-electron chi connectivity index (χ3n) is 3.79. The monoisotopic (exact) mass is 286 g/mol. The molecule has 2 aromatic rings. The van der Waals surface area contributed by atoms with Gasteiger partial charge in [-0.25, -0.2) is 9.78 Å². The summed E-state index contributed by atoms with van der Waals surface area (Å²) in [4.78, 5) is 16.5. The minimum Gasteiger partial charge on any atom is -0.455 e. The second-order valence-corrected chi connectivity index (χ2v) is 5.78. The largest absolute Gasteiger partial charge is 0.455 e. The number of imidazole rings is 1. The first kappa shape index (κ1) is 15.3. The molecule has 0 fully saturated rings. The van der Waals surface area contributed by atoms with Crippen LogP contribution in [0.3, 0.4) is 0 Å². The quantitative estimate of drug-likeness (QED) is 0.784. The number of hydrogen-bond donors (Lipinski definition) is 0. The zero-order valence-electron chi connectivity index (χ0n) is 13.0. The van der Waals surface area contributed by atoms with Crippen molar-refractivity contribution in [1.82, 2.24) is 9.55 Å². The van der Waals surface area contributed by atoms with Crippen molar-refractivity contribution >= 4 is 5.97 Å². The van der Waals surface area contributed by atoms with Crippen LogP contribution in [0.25, 0.3) is 0 Å². The Labute approximate surface area is 125 Å². The van der Waals surface area contributed by atoms with Crippen molar-refractivity contribution in [2.45, 2.75) is 45.8 Å². The molecule has 0 aliphatic heterocycles. The van der Waals surface area contributed by atoms with Gasteiger partial charge in [-0.2, -0.15) is 0 Å². The first-order chi connectivity index (χ1) is 9.94. The molecule has 1 heterocycles. The number of aromatic nitrogens is 2. The molecule has 0 saturated carbocycles. The number of nitrogens with zero attached hydrogens (tertiary/aromatic N) is 2. The Hall–Kier alpha value is -2.10. The highest BCUT2D eigenvalue weighted by atomic mass is 16.6. The predicted molar refractivity (Wildman–Crippen MR) is 82.3 cm³/mol. The fourth-order valence-electron chi connectivity index (χ4n) is 2.04. The van der Waals surface area contributed by atoms with Crippen molar-refractivity contribution in [3.8, 4) is 0 Å². The molecule has 0 amide bonds. The number of ether oxygens (including phenoxy) is 1. The highest BCUT2D eigenvalue weighted by Gasteiger charge is 2.25. The topological polar surface area (TPSA) is 44.1 Å². The second-order valence-electron chi connectivity index (χ2n) is 5.78. The van der Waals surface area contributed by atoms with Gasteiger partial charge in [-0.05, 0) is 32.8 Å². The van der Waals surface area contributed by atoms with Gasteiger partial charge in [0, 0.05) is 0 Å². The molecule has 0 spiro atoms. The lowest BCUT2D eigenvalue weighted by molar-refractivity contribution is -0.00365. The number of hydrogen-bond acceptors (Lipinski definition) is 3. The number of rotatable bonds is 5. The molecule has 21 heavy (non-hydrogen) atoms. The van der Waals surface area contributed by atoms with Crippen molar-refractivity contribution in [1.29, 1.82) is 0 Å². The van der Waals surface area contributed by atoms with Gasteiger partial charge in [-0.15, -0.1) is 0 Å². The van der Waals surface area contributed by atoms with Crippen molar-refractivity contribution in [3.63, 3.8) is 0 Å². The maximum absolute atomic E-state index is 12.4. The van der Waals surface area contributed by atoms with Gasteiger partial charge in [0.25, 0.3) is 0 Å². The Morgan fingerprint density at radius 2 is 2.00 bits per heavy atom. The fourth-order valence-corrected chi connectivity index (χ4v) is 2.04. The van der Waals surface area contributed by atoms with E-state index in [9.17, 15) is 4.79 Å². The van der Waals surface area contributed by atoms with Crippen LogP contribution in [-0.2, 0) is 4.74 Å². The fraction of sp³-hybridized carbons (Fsp3) is 0.412. The van der Waals surface area contributed by atoms with Crippen LogP contribution in [-0.4, -0.2) is 21.1 Å². The molecule has 112 valence electrons. The van der Waals surface area contributed by atoms with Gasteiger partial charge in [0.05, 0.1) is 18.6 Å². The van der Waals surface area contributed by atoms with Crippen molar-refractivity contribution in [2.75, 3.05) is 0 Å². The predicted octanol–water partition coefficient (Wildman–Crippen LogP) is 3.84. The Kier molecular flexibility index (Phi) is 4.46. The summed E-state index contributed by atoms with van der Waals surface area (Å²) in [6, 6.07) is 10.1. The minimum atomic E-state index is -0.470. The third-order valence-corrected chi connectivity index (χ3v) is 3.79. The highest BCUT2D eigenvalue weighted by Crippen LogP contribution is 2.22. The summed E-state index contributed by atoms with van der Waals surface area (Å²) in [6.07, 6.45) is 4.00. The second kappa shape index (κ2) is 6.12. The van der Waals surface area contributed by atoms with E-state index in [1.54, 1.807) is 12.5 Å². The summed E-state index contributed by atoms with van der Waals surface area (Å²) in [7, 11) is 0. The Morgan fingerprint density at radius 1 is 1.33 bits per heavy atom. The van der Waals surface area contributed by atoms with E-state index in [0.29, 0.717) is 5.69 Å². The van der Waals surface area contributed by atoms with E-state index < -0.39 is 5.60 Å². The van der Waals surface area contributed by atoms with Gasteiger partial charge in [0.1, 0.15) is 11.3 Å². The summed E-state index contributed by atoms with van der Waals surface area (Å²) in [6.45, 7) is 7.86. The molecular weight excluding hydrogens is 264 g/mol. The van der Waals surface area contributed by atoms with Gasteiger partial charge in [0.15, 0.2) is 0 Å². The Morgan fingerprint density at radius 3 is 2.62 bits per heavy atom. The molecule has 4 nitrogen and oxygen atoms in total. The summed E-state index contributed by atoms with van der Waals surface area (Å²) in [5.74, 6) is -0.331. The SMILES string of the molecule is CCC(C)(C)OC(=O)c1cncn1C(C)c1ccccc1. The number of carbonyl (C=O) groups is 1. The molecule has 0 aliphatic carbocycles. The standard InChI is InChI=1S/C17H22N2O2/c1-5-17(3,4)21-16(20)15-11-18-12-19(15)13(2)14-9-7-6-8-10-14/h6-13H,5H2,1-4H3. The lowest BCUT2D eigenvalue weighted by atomic mass is 10.1. The average molecular weight is 286 g/mol. The molecule has 0 saturated heterocycles. The average Bonchev–Trinajstić information content (AvgIpc) is 2.96. The first-order valence-electron chi connectivity index (χ1n) is 7.24. The van der Waals surface area contributed by atoms with Crippen molar-refractivity contribution < 1.29 is 9.53 Å². The molecule has 4 heteroatoms. The molecule has 1 unspecified atom stereocenters. The van der Waals surface area contributed by atoms with E-state index in [1.165, 1.54) is 0 Å². The maximum Gasteiger partial charge on any atom is 0.357 e. The Balaban J connectivity index is 2.25. The van der Waals surface area contributed by atoms with Crippen LogP contribution in [0.2, 0.25) is 0 Å². The smallest absolute Gasteiger partial charge is 0.357 e. The highest BCUT2D eigenvalue weighted by molar-refractivity contribution is 5.87. The Bertz CT molecular complexity index is 602. The van der Waals surface area contributed by atoms with Crippen LogP contribution in [0.4, 0.5) is 0 Å². The van der Waals surface area contributed by atoms with Gasteiger partial charge >= 0.3 is 5.97 Å². The molecule has 1 aromatic carbocycles. The summed E-state index contributed by atoms with van der Waals surface area (Å²) >= 11 is 0. The van der Waals surface area contributed by atoms with E-state index in [4.69, 9.17) is 4.74 Å². The van der Waals surface area contributed by atoms with Gasteiger partial charge in [-0.1, -0.05) is 37.3 Å². The molecule has 0 aliphatic rings. The normalized spacial score (nSPS) is 13.0. The van der Waals surface area contributed by atoms with E-state index in [-0.39, 0.29) is 12.0 Å². The van der Waals surface area contributed by atoms with Crippen LogP contribution < -0.4 is 0 Å². The number of esters is 1. The molecule has 0 radical (unpaired) electrons. The summed E-state index contributed by atoms with van der Waals surface area (Å²) < 4.78 is 7.41. The molecule has 0 bridgehead atoms. The van der Waals surface area contributed by atoms with E-state index in [2.05, 4.69) is 4.98 Å². The van der Waals surface area contributed by atoms with Crippen LogP contribution in [0.5, 0.6) is 0 Å². The maximum atomic E-state index is 12.4. The zero-order valence-corrected chi connectivity index (χ0v) is 13.0. The summed E-state index contributed by atoms with van der Waals surface area (Å²) in [5, 5.41) is 0. The van der Waals surface area contributed by atoms with E-state index in [1.807, 2.05) is 62.6 Å².